The van der Waals surface area contributed by atoms with E-state index in [0.717, 1.165) is 24.8 Å². The lowest BCUT2D eigenvalue weighted by Gasteiger charge is -2.41. The highest BCUT2D eigenvalue weighted by molar-refractivity contribution is 7.12. The largest absolute Gasteiger partial charge is 0.425 e. The zero-order valence-corrected chi connectivity index (χ0v) is 18.1. The van der Waals surface area contributed by atoms with Crippen molar-refractivity contribution in [1.82, 2.24) is 15.1 Å². The molecule has 0 radical (unpaired) electrons. The Morgan fingerprint density at radius 1 is 1.16 bits per heavy atom. The number of benzene rings is 1. The van der Waals surface area contributed by atoms with Gasteiger partial charge in [0, 0.05) is 36.7 Å². The number of carbonyl (C=O) groups excluding carboxylic acids is 1. The highest BCUT2D eigenvalue weighted by Crippen LogP contribution is 2.35. The van der Waals surface area contributed by atoms with Crippen LogP contribution in [0.3, 0.4) is 0 Å². The van der Waals surface area contributed by atoms with E-state index in [9.17, 15) is 18.0 Å². The molecule has 2 aliphatic heterocycles. The van der Waals surface area contributed by atoms with Crippen LogP contribution in [-0.4, -0.2) is 54.1 Å². The molecule has 2 amide bonds. The Morgan fingerprint density at radius 3 is 2.41 bits per heavy atom. The molecule has 2 aromatic rings. The number of halogens is 3. The summed E-state index contributed by atoms with van der Waals surface area (Å²) in [6.45, 7) is 4.58. The molecule has 1 aromatic carbocycles. The van der Waals surface area contributed by atoms with E-state index in [1.54, 1.807) is 19.1 Å². The molecule has 1 unspecified atom stereocenters. The van der Waals surface area contributed by atoms with Gasteiger partial charge in [-0.2, -0.15) is 18.4 Å². The number of nitrogens with one attached hydrogen (secondary N) is 1. The highest BCUT2D eigenvalue weighted by atomic mass is 32.1. The summed E-state index contributed by atoms with van der Waals surface area (Å²) in [6, 6.07) is 11.6. The number of rotatable bonds is 4. The number of nitrogens with zero attached hydrogens (tertiary/aromatic N) is 5. The summed E-state index contributed by atoms with van der Waals surface area (Å²) in [6.07, 6.45) is -4.89. The number of urea groups is 1. The number of hydrogen-bond donors (Lipinski definition) is 1. The third-order valence-corrected chi connectivity index (χ3v) is 6.59. The minimum Gasteiger partial charge on any atom is -0.369 e. The number of thiophene rings is 1. The molecule has 0 bridgehead atoms. The lowest BCUT2D eigenvalue weighted by molar-refractivity contribution is -0.134. The van der Waals surface area contributed by atoms with Crippen molar-refractivity contribution < 1.29 is 18.0 Å². The summed E-state index contributed by atoms with van der Waals surface area (Å²) in [5, 5.41) is 11.8. The van der Waals surface area contributed by atoms with Gasteiger partial charge in [-0.1, -0.05) is 0 Å². The number of anilines is 1. The van der Waals surface area contributed by atoms with Gasteiger partial charge in [0.25, 0.3) is 0 Å². The smallest absolute Gasteiger partial charge is 0.369 e. The van der Waals surface area contributed by atoms with Crippen LogP contribution >= 0.6 is 11.3 Å². The molecule has 1 N–H and O–H groups in total. The van der Waals surface area contributed by atoms with Crippen LogP contribution in [0.2, 0.25) is 0 Å². The van der Waals surface area contributed by atoms with E-state index in [1.807, 2.05) is 12.1 Å². The molecule has 1 atom stereocenters. The van der Waals surface area contributed by atoms with E-state index < -0.39 is 17.3 Å². The predicted molar refractivity (Wildman–Crippen MR) is 115 cm³/mol. The van der Waals surface area contributed by atoms with Gasteiger partial charge in [0.15, 0.2) is 6.29 Å². The van der Waals surface area contributed by atoms with Crippen molar-refractivity contribution in [1.29, 1.82) is 5.26 Å². The number of aliphatic imine (C=N–C) groups is 1. The monoisotopic (exact) mass is 462 g/mol. The Kier molecular flexibility index (Phi) is 6.08. The molecule has 0 spiro atoms. The van der Waals surface area contributed by atoms with E-state index in [1.165, 1.54) is 11.0 Å². The van der Waals surface area contributed by atoms with Gasteiger partial charge in [-0.3, -0.25) is 9.80 Å². The molecule has 4 rings (SSSR count). The van der Waals surface area contributed by atoms with Crippen molar-refractivity contribution in [3.8, 4) is 6.07 Å². The van der Waals surface area contributed by atoms with Gasteiger partial charge >= 0.3 is 12.2 Å². The quantitative estimate of drug-likeness (QED) is 0.752. The predicted octanol–water partition coefficient (Wildman–Crippen LogP) is 3.69. The molecule has 1 fully saturated rings. The molecule has 1 aromatic heterocycles. The van der Waals surface area contributed by atoms with Crippen LogP contribution in [0.15, 0.2) is 41.4 Å². The normalized spacial score (nSPS) is 20.0. The zero-order valence-electron chi connectivity index (χ0n) is 17.3. The second-order valence-corrected chi connectivity index (χ2v) is 8.70. The maximum atomic E-state index is 12.8. The molecule has 7 nitrogen and oxygen atoms in total. The summed E-state index contributed by atoms with van der Waals surface area (Å²) >= 11 is 0.631. The second kappa shape index (κ2) is 8.80. The molecular formula is C21H21F3N6OS. The van der Waals surface area contributed by atoms with Crippen LogP contribution in [-0.2, 0) is 12.7 Å². The molecule has 1 saturated heterocycles. The molecule has 0 aliphatic carbocycles. The van der Waals surface area contributed by atoms with Gasteiger partial charge < -0.3 is 10.2 Å². The van der Waals surface area contributed by atoms with Crippen molar-refractivity contribution in [2.24, 2.45) is 4.99 Å². The topological polar surface area (TPSA) is 75.0 Å². The first-order valence-corrected chi connectivity index (χ1v) is 10.8. The van der Waals surface area contributed by atoms with Crippen molar-refractivity contribution in [2.75, 3.05) is 31.1 Å². The fraction of sp³-hybridized carbons (Fsp3) is 0.381. The fourth-order valence-corrected chi connectivity index (χ4v) is 4.58. The Morgan fingerprint density at radius 2 is 1.84 bits per heavy atom. The average molecular weight is 463 g/mol. The lowest BCUT2D eigenvalue weighted by atomic mass is 10.2. The van der Waals surface area contributed by atoms with E-state index in [2.05, 4.69) is 26.2 Å². The molecule has 3 heterocycles. The molecule has 0 saturated carbocycles. The third-order valence-electron chi connectivity index (χ3n) is 5.47. The maximum absolute atomic E-state index is 12.8. The SMILES string of the molecule is CC1=NC(N2CCN(c3ccc(C#N)cc3)CC2)NC(=O)N1Cc1ccc(C(F)(F)F)s1. The van der Waals surface area contributed by atoms with E-state index in [-0.39, 0.29) is 12.6 Å². The number of nitriles is 1. The molecule has 168 valence electrons. The number of alkyl halides is 3. The van der Waals surface area contributed by atoms with Gasteiger partial charge in [0.2, 0.25) is 0 Å². The van der Waals surface area contributed by atoms with Crippen LogP contribution in [0.1, 0.15) is 22.2 Å². The fourth-order valence-electron chi connectivity index (χ4n) is 3.72. The molecule has 11 heteroatoms. The van der Waals surface area contributed by atoms with Crippen LogP contribution in [0.5, 0.6) is 0 Å². The Labute approximate surface area is 187 Å². The summed E-state index contributed by atoms with van der Waals surface area (Å²) < 4.78 is 38.5. The number of hydrogen-bond acceptors (Lipinski definition) is 6. The molecule has 32 heavy (non-hydrogen) atoms. The number of amidine groups is 1. The van der Waals surface area contributed by atoms with Gasteiger partial charge in [0.05, 0.1) is 18.2 Å². The summed E-state index contributed by atoms with van der Waals surface area (Å²) in [5.74, 6) is 0.468. The van der Waals surface area contributed by atoms with E-state index in [4.69, 9.17) is 5.26 Å². The first-order valence-electron chi connectivity index (χ1n) is 10.0. The van der Waals surface area contributed by atoms with Gasteiger partial charge in [0.1, 0.15) is 10.7 Å². The van der Waals surface area contributed by atoms with Gasteiger partial charge in [-0.25, -0.2) is 9.79 Å². The first-order chi connectivity index (χ1) is 15.2. The Balaban J connectivity index is 1.37. The minimum atomic E-state index is -4.39. The maximum Gasteiger partial charge on any atom is 0.425 e. The van der Waals surface area contributed by atoms with Crippen LogP contribution < -0.4 is 10.2 Å². The standard InChI is InChI=1S/C21H21F3N6OS/c1-14-26-19(27-20(31)30(14)13-17-6-7-18(32-17)21(22,23)24)29-10-8-28(9-11-29)16-4-2-15(12-25)3-5-16/h2-7,19H,8-11,13H2,1H3,(H,27,31). The van der Waals surface area contributed by atoms with Crippen molar-refractivity contribution in [2.45, 2.75) is 25.9 Å². The first kappa shape index (κ1) is 22.1. The molecule has 2 aliphatic rings. The second-order valence-electron chi connectivity index (χ2n) is 7.53. The van der Waals surface area contributed by atoms with Crippen molar-refractivity contribution in [3.05, 3.63) is 51.7 Å². The van der Waals surface area contributed by atoms with E-state index >= 15 is 0 Å². The van der Waals surface area contributed by atoms with Crippen molar-refractivity contribution in [3.63, 3.8) is 0 Å². The lowest BCUT2D eigenvalue weighted by Crippen LogP contribution is -2.60. The van der Waals surface area contributed by atoms with E-state index in [0.29, 0.717) is 40.7 Å². The highest BCUT2D eigenvalue weighted by Gasteiger charge is 2.34. The number of piperazine rings is 1. The Hall–Kier alpha value is -3.10. The van der Waals surface area contributed by atoms with Gasteiger partial charge in [-0.15, -0.1) is 11.3 Å². The summed E-state index contributed by atoms with van der Waals surface area (Å²) in [5.41, 5.74) is 1.65. The summed E-state index contributed by atoms with van der Waals surface area (Å²) in [4.78, 5) is 22.6. The van der Waals surface area contributed by atoms with Crippen LogP contribution in [0, 0.1) is 11.3 Å². The zero-order chi connectivity index (χ0) is 22.9. The number of amides is 2. The molecular weight excluding hydrogens is 441 g/mol. The third kappa shape index (κ3) is 4.71. The number of carbonyl (C=O) groups is 1. The minimum absolute atomic E-state index is 0.0428. The summed E-state index contributed by atoms with van der Waals surface area (Å²) in [7, 11) is 0. The van der Waals surface area contributed by atoms with Crippen LogP contribution in [0.25, 0.3) is 0 Å². The van der Waals surface area contributed by atoms with Crippen LogP contribution in [0.4, 0.5) is 23.7 Å². The average Bonchev–Trinajstić information content (AvgIpc) is 3.26. The Bertz CT molecular complexity index is 1050. The van der Waals surface area contributed by atoms with Crippen molar-refractivity contribution >= 4 is 28.9 Å². The van der Waals surface area contributed by atoms with Gasteiger partial charge in [-0.05, 0) is 43.3 Å².